The third-order valence-corrected chi connectivity index (χ3v) is 5.76. The molecule has 2 aromatic rings. The highest BCUT2D eigenvalue weighted by molar-refractivity contribution is 5.84. The number of Topliss-reactive ketones (excluding diaryl/α,β-unsaturated/α-hetero) is 1. The van der Waals surface area contributed by atoms with Crippen molar-refractivity contribution in [2.24, 2.45) is 5.92 Å². The molecule has 1 aliphatic carbocycles. The van der Waals surface area contributed by atoms with Crippen LogP contribution in [0.25, 0.3) is 0 Å². The fourth-order valence-electron chi connectivity index (χ4n) is 4.50. The maximum absolute atomic E-state index is 12.5. The number of phenols is 1. The standard InChI is InChI=1S/C21H24N2O2/c22-18-12-15(6-9-19(18)24)21-17-8-7-16(13-20(17)25)23(21)11-10-14-4-2-1-3-5-14/h1-6,9,12,16-17,21,24H,7-8,10-11,13,22H2. The van der Waals surface area contributed by atoms with Crippen molar-refractivity contribution >= 4 is 11.5 Å². The van der Waals surface area contributed by atoms with Crippen LogP contribution < -0.4 is 5.73 Å². The average molecular weight is 336 g/mol. The first-order chi connectivity index (χ1) is 12.1. The molecular weight excluding hydrogens is 312 g/mol. The second kappa shape index (κ2) is 6.52. The molecule has 25 heavy (non-hydrogen) atoms. The molecule has 130 valence electrons. The summed E-state index contributed by atoms with van der Waals surface area (Å²) in [6.45, 7) is 0.934. The Morgan fingerprint density at radius 2 is 1.92 bits per heavy atom. The lowest BCUT2D eigenvalue weighted by Crippen LogP contribution is -2.54. The van der Waals surface area contributed by atoms with Crippen LogP contribution in [0.4, 0.5) is 5.69 Å². The number of fused-ring (bicyclic) bond motifs is 3. The zero-order valence-electron chi connectivity index (χ0n) is 14.3. The first kappa shape index (κ1) is 16.2. The van der Waals surface area contributed by atoms with Gasteiger partial charge in [-0.05, 0) is 42.5 Å². The summed E-state index contributed by atoms with van der Waals surface area (Å²) in [5, 5.41) is 9.74. The minimum Gasteiger partial charge on any atom is -0.506 e. The highest BCUT2D eigenvalue weighted by Crippen LogP contribution is 2.46. The lowest BCUT2D eigenvalue weighted by atomic mass is 9.71. The van der Waals surface area contributed by atoms with Crippen molar-refractivity contribution in [1.29, 1.82) is 0 Å². The molecule has 4 heteroatoms. The van der Waals surface area contributed by atoms with Gasteiger partial charge in [0.15, 0.2) is 0 Å². The zero-order valence-corrected chi connectivity index (χ0v) is 14.3. The van der Waals surface area contributed by atoms with E-state index in [-0.39, 0.29) is 17.7 Å². The number of hydrogen-bond acceptors (Lipinski definition) is 4. The summed E-state index contributed by atoms with van der Waals surface area (Å²) in [5.41, 5.74) is 8.67. The van der Waals surface area contributed by atoms with Gasteiger partial charge in [0, 0.05) is 31.0 Å². The third kappa shape index (κ3) is 3.02. The molecular formula is C21H24N2O2. The molecule has 3 atom stereocenters. The number of carbonyl (C=O) groups is 1. The van der Waals surface area contributed by atoms with E-state index in [1.807, 2.05) is 18.2 Å². The van der Waals surface area contributed by atoms with E-state index in [2.05, 4.69) is 29.2 Å². The number of carbonyl (C=O) groups excluding carboxylic acids is 1. The molecule has 0 amide bonds. The van der Waals surface area contributed by atoms with E-state index in [0.717, 1.165) is 31.4 Å². The van der Waals surface area contributed by atoms with Gasteiger partial charge in [-0.25, -0.2) is 0 Å². The summed E-state index contributed by atoms with van der Waals surface area (Å²) in [4.78, 5) is 15.0. The first-order valence-corrected chi connectivity index (χ1v) is 9.04. The lowest BCUT2D eigenvalue weighted by molar-refractivity contribution is -0.138. The Kier molecular flexibility index (Phi) is 4.22. The number of aromatic hydroxyl groups is 1. The molecule has 1 saturated carbocycles. The quantitative estimate of drug-likeness (QED) is 0.664. The molecule has 0 aromatic heterocycles. The van der Waals surface area contributed by atoms with Crippen LogP contribution in [0, 0.1) is 5.92 Å². The van der Waals surface area contributed by atoms with Crippen LogP contribution in [0.3, 0.4) is 0 Å². The zero-order chi connectivity index (χ0) is 17.4. The summed E-state index contributed by atoms with van der Waals surface area (Å²) < 4.78 is 0. The minimum absolute atomic E-state index is 0.0460. The largest absolute Gasteiger partial charge is 0.506 e. The number of piperidine rings is 2. The first-order valence-electron chi connectivity index (χ1n) is 9.04. The molecule has 3 fully saturated rings. The van der Waals surface area contributed by atoms with E-state index in [9.17, 15) is 9.90 Å². The Morgan fingerprint density at radius 3 is 2.64 bits per heavy atom. The molecule has 2 heterocycles. The van der Waals surface area contributed by atoms with Gasteiger partial charge in [0.25, 0.3) is 0 Å². The summed E-state index contributed by atoms with van der Waals surface area (Å²) >= 11 is 0. The van der Waals surface area contributed by atoms with Gasteiger partial charge in [0.2, 0.25) is 0 Å². The number of nitrogens with two attached hydrogens (primary N) is 1. The Hall–Kier alpha value is -2.33. The molecule has 2 saturated heterocycles. The van der Waals surface area contributed by atoms with E-state index in [1.165, 1.54) is 5.56 Å². The molecule has 3 unspecified atom stereocenters. The highest BCUT2D eigenvalue weighted by Gasteiger charge is 2.46. The number of ketones is 1. The number of nitrogen functional groups attached to an aromatic ring is 1. The predicted molar refractivity (Wildman–Crippen MR) is 98.2 cm³/mol. The molecule has 3 N–H and O–H groups in total. The SMILES string of the molecule is Nc1cc(C2C3CCC(CC3=O)N2CCc2ccccc2)ccc1O. The minimum atomic E-state index is 0.0460. The van der Waals surface area contributed by atoms with Gasteiger partial charge in [0.1, 0.15) is 11.5 Å². The van der Waals surface area contributed by atoms with Crippen LogP contribution in [0.2, 0.25) is 0 Å². The topological polar surface area (TPSA) is 66.6 Å². The normalized spacial score (nSPS) is 26.1. The molecule has 2 aromatic carbocycles. The van der Waals surface area contributed by atoms with Crippen LogP contribution in [-0.2, 0) is 11.2 Å². The smallest absolute Gasteiger partial charge is 0.139 e. The van der Waals surface area contributed by atoms with Crippen LogP contribution in [0.1, 0.15) is 36.4 Å². The van der Waals surface area contributed by atoms with Gasteiger partial charge in [-0.15, -0.1) is 0 Å². The van der Waals surface area contributed by atoms with Gasteiger partial charge < -0.3 is 10.8 Å². The molecule has 4 nitrogen and oxygen atoms in total. The number of nitrogens with zero attached hydrogens (tertiary/aromatic N) is 1. The number of anilines is 1. The maximum atomic E-state index is 12.5. The fraction of sp³-hybridized carbons (Fsp3) is 0.381. The van der Waals surface area contributed by atoms with Crippen LogP contribution in [0.15, 0.2) is 48.5 Å². The molecule has 2 bridgehead atoms. The number of hydrogen-bond donors (Lipinski definition) is 2. The summed E-state index contributed by atoms with van der Waals surface area (Å²) in [6, 6.07) is 16.3. The Bertz CT molecular complexity index is 775. The lowest BCUT2D eigenvalue weighted by Gasteiger charge is -2.51. The Morgan fingerprint density at radius 1 is 1.12 bits per heavy atom. The van der Waals surface area contributed by atoms with Gasteiger partial charge in [-0.3, -0.25) is 9.69 Å². The van der Waals surface area contributed by atoms with Crippen molar-refractivity contribution in [3.05, 3.63) is 59.7 Å². The number of benzene rings is 2. The van der Waals surface area contributed by atoms with Crippen LogP contribution >= 0.6 is 0 Å². The van der Waals surface area contributed by atoms with Crippen molar-refractivity contribution < 1.29 is 9.90 Å². The van der Waals surface area contributed by atoms with Gasteiger partial charge in [-0.2, -0.15) is 0 Å². The second-order valence-corrected chi connectivity index (χ2v) is 7.24. The average Bonchev–Trinajstić information content (AvgIpc) is 2.63. The summed E-state index contributed by atoms with van der Waals surface area (Å²) in [7, 11) is 0. The van der Waals surface area contributed by atoms with Gasteiger partial charge in [0.05, 0.1) is 5.69 Å². The van der Waals surface area contributed by atoms with Gasteiger partial charge in [-0.1, -0.05) is 36.4 Å². The Labute approximate surface area is 148 Å². The van der Waals surface area contributed by atoms with E-state index < -0.39 is 0 Å². The third-order valence-electron chi connectivity index (χ3n) is 5.76. The van der Waals surface area contributed by atoms with Crippen molar-refractivity contribution in [1.82, 2.24) is 4.90 Å². The second-order valence-electron chi connectivity index (χ2n) is 7.24. The monoisotopic (exact) mass is 336 g/mol. The number of phenolic OH excluding ortho intramolecular Hbond substituents is 1. The summed E-state index contributed by atoms with van der Waals surface area (Å²) in [6.07, 6.45) is 3.69. The fourth-order valence-corrected chi connectivity index (χ4v) is 4.50. The molecule has 0 radical (unpaired) electrons. The van der Waals surface area contributed by atoms with Gasteiger partial charge >= 0.3 is 0 Å². The maximum Gasteiger partial charge on any atom is 0.139 e. The molecule has 3 aliphatic rings. The van der Waals surface area contributed by atoms with Crippen molar-refractivity contribution in [2.75, 3.05) is 12.3 Å². The van der Waals surface area contributed by atoms with E-state index >= 15 is 0 Å². The van der Waals surface area contributed by atoms with Crippen molar-refractivity contribution in [2.45, 2.75) is 37.8 Å². The Balaban J connectivity index is 1.62. The number of rotatable bonds is 4. The highest BCUT2D eigenvalue weighted by atomic mass is 16.3. The van der Waals surface area contributed by atoms with Crippen molar-refractivity contribution in [3.63, 3.8) is 0 Å². The van der Waals surface area contributed by atoms with Crippen LogP contribution in [-0.4, -0.2) is 28.4 Å². The summed E-state index contributed by atoms with van der Waals surface area (Å²) in [5.74, 6) is 0.528. The van der Waals surface area contributed by atoms with E-state index in [4.69, 9.17) is 5.73 Å². The van der Waals surface area contributed by atoms with Crippen LogP contribution in [0.5, 0.6) is 5.75 Å². The molecule has 2 aliphatic heterocycles. The van der Waals surface area contributed by atoms with Crippen molar-refractivity contribution in [3.8, 4) is 5.75 Å². The molecule has 5 rings (SSSR count). The van der Waals surface area contributed by atoms with E-state index in [0.29, 0.717) is 23.9 Å². The molecule has 0 spiro atoms. The van der Waals surface area contributed by atoms with E-state index in [1.54, 1.807) is 6.07 Å². The predicted octanol–water partition coefficient (Wildman–Crippen LogP) is 3.31.